The van der Waals surface area contributed by atoms with E-state index in [0.29, 0.717) is 0 Å². The van der Waals surface area contributed by atoms with Crippen LogP contribution < -0.4 is 5.32 Å². The van der Waals surface area contributed by atoms with Crippen molar-refractivity contribution in [2.75, 3.05) is 19.0 Å². The van der Waals surface area contributed by atoms with Crippen LogP contribution in [0.1, 0.15) is 5.56 Å². The Kier molecular flexibility index (Phi) is 4.60. The topological polar surface area (TPSA) is 38.3 Å². The fourth-order valence-corrected chi connectivity index (χ4v) is 2.80. The summed E-state index contributed by atoms with van der Waals surface area (Å²) in [5, 5.41) is 2.99. The first-order chi connectivity index (χ1) is 7.04. The predicted octanol–water partition coefficient (Wildman–Crippen LogP) is 3.10. The normalized spacial score (nSPS) is 9.87. The lowest BCUT2D eigenvalue weighted by Crippen LogP contribution is -2.15. The van der Waals surface area contributed by atoms with Gasteiger partial charge in [-0.2, -0.15) is 0 Å². The molecule has 0 aliphatic carbocycles. The van der Waals surface area contributed by atoms with Gasteiger partial charge in [0.15, 0.2) is 0 Å². The number of anilines is 1. The molecule has 0 aliphatic rings. The number of carbonyl (C=O) groups is 1. The molecule has 0 unspecified atom stereocenters. The van der Waals surface area contributed by atoms with E-state index in [1.807, 2.05) is 19.1 Å². The summed E-state index contributed by atoms with van der Waals surface area (Å²) in [5.41, 5.74) is 1.99. The van der Waals surface area contributed by atoms with Crippen molar-refractivity contribution in [2.45, 2.75) is 6.92 Å². The van der Waals surface area contributed by atoms with Gasteiger partial charge in [-0.3, -0.25) is 4.79 Å². The Balaban J connectivity index is 2.81. The van der Waals surface area contributed by atoms with Crippen LogP contribution in [-0.4, -0.2) is 19.6 Å². The van der Waals surface area contributed by atoms with Crippen LogP contribution in [0.5, 0.6) is 0 Å². The highest BCUT2D eigenvalue weighted by molar-refractivity contribution is 9.11. The fourth-order valence-electron chi connectivity index (χ4n) is 1.10. The monoisotopic (exact) mass is 335 g/mol. The Hall–Kier alpha value is -0.550. The molecule has 0 bridgehead atoms. The molecule has 0 atom stereocenters. The van der Waals surface area contributed by atoms with Gasteiger partial charge in [-0.15, -0.1) is 0 Å². The third-order valence-corrected chi connectivity index (χ3v) is 3.07. The molecule has 0 amide bonds. The van der Waals surface area contributed by atoms with Crippen molar-refractivity contribution in [3.8, 4) is 0 Å². The van der Waals surface area contributed by atoms with E-state index in [4.69, 9.17) is 0 Å². The smallest absolute Gasteiger partial charge is 0.325 e. The lowest BCUT2D eigenvalue weighted by atomic mass is 10.2. The van der Waals surface area contributed by atoms with Crippen molar-refractivity contribution in [1.29, 1.82) is 0 Å². The first kappa shape index (κ1) is 12.5. The minimum absolute atomic E-state index is 0.150. The molecule has 0 radical (unpaired) electrons. The molecule has 3 nitrogen and oxygen atoms in total. The largest absolute Gasteiger partial charge is 0.468 e. The van der Waals surface area contributed by atoms with Crippen LogP contribution in [0.15, 0.2) is 21.1 Å². The van der Waals surface area contributed by atoms with Gasteiger partial charge < -0.3 is 10.1 Å². The minimum atomic E-state index is -0.297. The highest BCUT2D eigenvalue weighted by atomic mass is 79.9. The van der Waals surface area contributed by atoms with Crippen LogP contribution in [-0.2, 0) is 9.53 Å². The van der Waals surface area contributed by atoms with E-state index in [9.17, 15) is 4.79 Å². The van der Waals surface area contributed by atoms with Gasteiger partial charge in [0.05, 0.1) is 12.8 Å². The van der Waals surface area contributed by atoms with Crippen molar-refractivity contribution in [3.63, 3.8) is 0 Å². The zero-order chi connectivity index (χ0) is 11.4. The number of aryl methyl sites for hydroxylation is 1. The van der Waals surface area contributed by atoms with Crippen molar-refractivity contribution >= 4 is 43.5 Å². The molecule has 0 spiro atoms. The molecule has 1 aromatic rings. The molecular formula is C10H11Br2NO2. The summed E-state index contributed by atoms with van der Waals surface area (Å²) in [7, 11) is 1.36. The second-order valence-corrected chi connectivity index (χ2v) is 4.74. The van der Waals surface area contributed by atoms with E-state index in [0.717, 1.165) is 20.2 Å². The van der Waals surface area contributed by atoms with Crippen molar-refractivity contribution < 1.29 is 9.53 Å². The van der Waals surface area contributed by atoms with Gasteiger partial charge in [0.25, 0.3) is 0 Å². The third-order valence-electron chi connectivity index (χ3n) is 1.82. The van der Waals surface area contributed by atoms with E-state index in [1.165, 1.54) is 7.11 Å². The van der Waals surface area contributed by atoms with Gasteiger partial charge in [-0.25, -0.2) is 0 Å². The predicted molar refractivity (Wildman–Crippen MR) is 67.1 cm³/mol. The highest BCUT2D eigenvalue weighted by Gasteiger charge is 2.07. The number of nitrogens with one attached hydrogen (secondary N) is 1. The Bertz CT molecular complexity index is 357. The van der Waals surface area contributed by atoms with Gasteiger partial charge in [0.1, 0.15) is 6.54 Å². The van der Waals surface area contributed by atoms with Crippen molar-refractivity contribution in [2.24, 2.45) is 0 Å². The van der Waals surface area contributed by atoms with Crippen LogP contribution in [0.25, 0.3) is 0 Å². The first-order valence-electron chi connectivity index (χ1n) is 4.31. The summed E-state index contributed by atoms with van der Waals surface area (Å²) in [6.07, 6.45) is 0. The van der Waals surface area contributed by atoms with E-state index < -0.39 is 0 Å². The van der Waals surface area contributed by atoms with Crippen LogP contribution in [0.3, 0.4) is 0 Å². The lowest BCUT2D eigenvalue weighted by molar-refractivity contribution is -0.138. The lowest BCUT2D eigenvalue weighted by Gasteiger charge is -2.10. The maximum absolute atomic E-state index is 11.0. The van der Waals surface area contributed by atoms with Crippen LogP contribution >= 0.6 is 31.9 Å². The molecule has 0 heterocycles. The van der Waals surface area contributed by atoms with E-state index >= 15 is 0 Å². The average molecular weight is 337 g/mol. The Morgan fingerprint density at radius 3 is 2.40 bits per heavy atom. The molecular weight excluding hydrogens is 326 g/mol. The van der Waals surface area contributed by atoms with Gasteiger partial charge in [-0.05, 0) is 56.5 Å². The zero-order valence-electron chi connectivity index (χ0n) is 8.43. The summed E-state index contributed by atoms with van der Waals surface area (Å²) < 4.78 is 6.37. The van der Waals surface area contributed by atoms with Crippen LogP contribution in [0.4, 0.5) is 5.69 Å². The standard InChI is InChI=1S/C10H11Br2NO2/c1-6-3-7(11)10(8(12)4-6)13-5-9(14)15-2/h3-4,13H,5H2,1-2H3. The number of esters is 1. The Labute approximate surface area is 105 Å². The molecule has 0 aliphatic heterocycles. The van der Waals surface area contributed by atoms with Crippen molar-refractivity contribution in [3.05, 3.63) is 26.6 Å². The van der Waals surface area contributed by atoms with Crippen LogP contribution in [0.2, 0.25) is 0 Å². The van der Waals surface area contributed by atoms with Gasteiger partial charge >= 0.3 is 5.97 Å². The maximum Gasteiger partial charge on any atom is 0.325 e. The quantitative estimate of drug-likeness (QED) is 0.862. The number of ether oxygens (including phenoxy) is 1. The number of carbonyl (C=O) groups excluding carboxylic acids is 1. The van der Waals surface area contributed by atoms with Crippen LogP contribution in [0, 0.1) is 6.92 Å². The molecule has 1 N–H and O–H groups in total. The minimum Gasteiger partial charge on any atom is -0.468 e. The van der Waals surface area contributed by atoms with Gasteiger partial charge in [0, 0.05) is 8.95 Å². The Morgan fingerprint density at radius 1 is 1.40 bits per heavy atom. The number of methoxy groups -OCH3 is 1. The first-order valence-corrected chi connectivity index (χ1v) is 5.89. The van der Waals surface area contributed by atoms with Crippen molar-refractivity contribution in [1.82, 2.24) is 0 Å². The van der Waals surface area contributed by atoms with E-state index in [2.05, 4.69) is 41.9 Å². The highest BCUT2D eigenvalue weighted by Crippen LogP contribution is 2.31. The summed E-state index contributed by atoms with van der Waals surface area (Å²) in [6, 6.07) is 3.95. The molecule has 0 saturated heterocycles. The number of hydrogen-bond donors (Lipinski definition) is 1. The molecule has 0 saturated carbocycles. The average Bonchev–Trinajstić information content (AvgIpc) is 2.15. The number of hydrogen-bond acceptors (Lipinski definition) is 3. The third kappa shape index (κ3) is 3.50. The molecule has 0 fully saturated rings. The van der Waals surface area contributed by atoms with E-state index in [-0.39, 0.29) is 12.5 Å². The number of benzene rings is 1. The summed E-state index contributed by atoms with van der Waals surface area (Å²) >= 11 is 6.85. The second-order valence-electron chi connectivity index (χ2n) is 3.03. The summed E-state index contributed by atoms with van der Waals surface area (Å²) in [5.74, 6) is -0.297. The zero-order valence-corrected chi connectivity index (χ0v) is 11.6. The molecule has 1 rings (SSSR count). The number of halogens is 2. The molecule has 5 heteroatoms. The molecule has 0 aromatic heterocycles. The molecule has 82 valence electrons. The van der Waals surface area contributed by atoms with Gasteiger partial charge in [0.2, 0.25) is 0 Å². The second kappa shape index (κ2) is 5.51. The Morgan fingerprint density at radius 2 is 1.93 bits per heavy atom. The fraction of sp³-hybridized carbons (Fsp3) is 0.300. The van der Waals surface area contributed by atoms with Gasteiger partial charge in [-0.1, -0.05) is 0 Å². The number of rotatable bonds is 3. The maximum atomic E-state index is 11.0. The SMILES string of the molecule is COC(=O)CNc1c(Br)cc(C)cc1Br. The molecule has 1 aromatic carbocycles. The molecule has 15 heavy (non-hydrogen) atoms. The summed E-state index contributed by atoms with van der Waals surface area (Å²) in [4.78, 5) is 11.0. The van der Waals surface area contributed by atoms with E-state index in [1.54, 1.807) is 0 Å². The summed E-state index contributed by atoms with van der Waals surface area (Å²) in [6.45, 7) is 2.15.